The van der Waals surface area contributed by atoms with Gasteiger partial charge in [-0.1, -0.05) is 54.4 Å². The second kappa shape index (κ2) is 14.0. The van der Waals surface area contributed by atoms with E-state index in [-0.39, 0.29) is 23.0 Å². The fraction of sp³-hybridized carbons (Fsp3) is 0.355. The van der Waals surface area contributed by atoms with Crippen LogP contribution in [0.2, 0.25) is 0 Å². The minimum atomic E-state index is -4.20. The molecule has 1 unspecified atom stereocenters. The van der Waals surface area contributed by atoms with E-state index in [1.165, 1.54) is 37.3 Å². The Hall–Kier alpha value is -4.05. The molecule has 3 aromatic carbocycles. The van der Waals surface area contributed by atoms with Gasteiger partial charge in [0.15, 0.2) is 11.5 Å². The second-order valence-electron chi connectivity index (χ2n) is 9.69. The molecule has 0 bridgehead atoms. The second-order valence-corrected chi connectivity index (χ2v) is 11.6. The third kappa shape index (κ3) is 7.58. The lowest BCUT2D eigenvalue weighted by molar-refractivity contribution is -0.140. The number of aryl methyl sites for hydroxylation is 2. The van der Waals surface area contributed by atoms with Crippen molar-refractivity contribution >= 4 is 27.5 Å². The normalized spacial score (nSPS) is 11.9. The van der Waals surface area contributed by atoms with Gasteiger partial charge >= 0.3 is 0 Å². The summed E-state index contributed by atoms with van der Waals surface area (Å²) in [5.74, 6) is -0.0889. The summed E-state index contributed by atoms with van der Waals surface area (Å²) < 4.78 is 39.9. The smallest absolute Gasteiger partial charge is 0.264 e. The van der Waals surface area contributed by atoms with Crippen LogP contribution in [0.15, 0.2) is 71.6 Å². The Balaban J connectivity index is 2.11. The van der Waals surface area contributed by atoms with Crippen molar-refractivity contribution in [3.8, 4) is 11.5 Å². The van der Waals surface area contributed by atoms with Crippen molar-refractivity contribution in [3.05, 3.63) is 83.4 Å². The van der Waals surface area contributed by atoms with Gasteiger partial charge in [-0.25, -0.2) is 8.42 Å². The number of rotatable bonds is 13. The largest absolute Gasteiger partial charge is 0.493 e. The zero-order valence-corrected chi connectivity index (χ0v) is 25.3. The van der Waals surface area contributed by atoms with E-state index in [0.29, 0.717) is 24.5 Å². The summed E-state index contributed by atoms with van der Waals surface area (Å²) in [7, 11) is -1.26. The lowest BCUT2D eigenvalue weighted by Crippen LogP contribution is -2.52. The summed E-state index contributed by atoms with van der Waals surface area (Å²) in [6, 6.07) is 18.0. The molecule has 0 aliphatic carbocycles. The number of amides is 2. The zero-order valence-electron chi connectivity index (χ0n) is 24.5. The van der Waals surface area contributed by atoms with Gasteiger partial charge in [-0.2, -0.15) is 0 Å². The van der Waals surface area contributed by atoms with Crippen molar-refractivity contribution in [1.82, 2.24) is 10.2 Å². The Labute approximate surface area is 243 Å². The maximum atomic E-state index is 14.1. The number of ether oxygens (including phenoxy) is 2. The van der Waals surface area contributed by atoms with Gasteiger partial charge in [0.1, 0.15) is 12.6 Å². The van der Waals surface area contributed by atoms with Crippen molar-refractivity contribution < 1.29 is 27.5 Å². The van der Waals surface area contributed by atoms with Crippen LogP contribution in [-0.4, -0.2) is 58.5 Å². The van der Waals surface area contributed by atoms with Crippen molar-refractivity contribution in [2.75, 3.05) is 31.6 Å². The number of hydrogen-bond acceptors (Lipinski definition) is 6. The molecule has 0 aliphatic heterocycles. The van der Waals surface area contributed by atoms with Crippen LogP contribution >= 0.6 is 0 Å². The van der Waals surface area contributed by atoms with Crippen LogP contribution in [0.5, 0.6) is 11.5 Å². The Morgan fingerprint density at radius 3 is 1.98 bits per heavy atom. The first-order chi connectivity index (χ1) is 19.5. The highest BCUT2D eigenvalue weighted by Gasteiger charge is 2.34. The molecular weight excluding hydrogens is 542 g/mol. The Kier molecular flexibility index (Phi) is 10.8. The molecule has 0 fully saturated rings. The lowest BCUT2D eigenvalue weighted by atomic mass is 10.1. The van der Waals surface area contributed by atoms with E-state index in [2.05, 4.69) is 5.32 Å². The van der Waals surface area contributed by atoms with E-state index < -0.39 is 28.5 Å². The minimum absolute atomic E-state index is 0.0338. The molecule has 0 saturated carbocycles. The van der Waals surface area contributed by atoms with Crippen LogP contribution in [0.1, 0.15) is 37.0 Å². The molecule has 0 spiro atoms. The standard InChI is InChI=1S/C31H39N3O6S/c1-7-27(31(36)32-8-2)33(20-24-13-9-22(3)10-14-24)30(35)21-34(25-15-18-28(39-5)29(19-25)40-6)41(37,38)26-16-11-23(4)12-17-26/h9-19,27H,7-8,20-21H2,1-6H3,(H,32,36). The molecule has 1 atom stereocenters. The molecule has 1 N–H and O–H groups in total. The Bertz CT molecular complexity index is 1440. The Morgan fingerprint density at radius 1 is 0.854 bits per heavy atom. The highest BCUT2D eigenvalue weighted by Crippen LogP contribution is 2.34. The first kappa shape index (κ1) is 31.5. The van der Waals surface area contributed by atoms with Crippen molar-refractivity contribution in [2.45, 2.75) is 51.6 Å². The predicted octanol–water partition coefficient (Wildman–Crippen LogP) is 4.46. The quantitative estimate of drug-likeness (QED) is 0.320. The summed E-state index contributed by atoms with van der Waals surface area (Å²) in [4.78, 5) is 28.6. The van der Waals surface area contributed by atoms with Gasteiger partial charge in [0.05, 0.1) is 24.8 Å². The fourth-order valence-electron chi connectivity index (χ4n) is 4.45. The average molecular weight is 582 g/mol. The topological polar surface area (TPSA) is 105 Å². The summed E-state index contributed by atoms with van der Waals surface area (Å²) in [5, 5.41) is 2.81. The number of nitrogens with one attached hydrogen (secondary N) is 1. The number of likely N-dealkylation sites (N-methyl/N-ethyl adjacent to an activating group) is 1. The zero-order chi connectivity index (χ0) is 30.2. The van der Waals surface area contributed by atoms with Gasteiger partial charge < -0.3 is 19.7 Å². The summed E-state index contributed by atoms with van der Waals surface area (Å²) in [6.07, 6.45) is 0.352. The number of hydrogen-bond donors (Lipinski definition) is 1. The number of methoxy groups -OCH3 is 2. The van der Waals surface area contributed by atoms with Crippen LogP contribution < -0.4 is 19.1 Å². The molecule has 0 aromatic heterocycles. The number of benzene rings is 3. The van der Waals surface area contributed by atoms with Gasteiger partial charge in [0.25, 0.3) is 10.0 Å². The van der Waals surface area contributed by atoms with E-state index >= 15 is 0 Å². The minimum Gasteiger partial charge on any atom is -0.493 e. The number of carbonyl (C=O) groups excluding carboxylic acids is 2. The Morgan fingerprint density at radius 2 is 1.44 bits per heavy atom. The molecule has 0 aliphatic rings. The highest BCUT2D eigenvalue weighted by atomic mass is 32.2. The average Bonchev–Trinajstić information content (AvgIpc) is 2.96. The van der Waals surface area contributed by atoms with Crippen LogP contribution in [0.3, 0.4) is 0 Å². The van der Waals surface area contributed by atoms with E-state index in [4.69, 9.17) is 9.47 Å². The van der Waals surface area contributed by atoms with Crippen LogP contribution in [0.25, 0.3) is 0 Å². The maximum Gasteiger partial charge on any atom is 0.264 e. The van der Waals surface area contributed by atoms with Gasteiger partial charge in [-0.15, -0.1) is 0 Å². The van der Waals surface area contributed by atoms with Crippen molar-refractivity contribution in [3.63, 3.8) is 0 Å². The first-order valence-corrected chi connectivity index (χ1v) is 14.9. The summed E-state index contributed by atoms with van der Waals surface area (Å²) in [5.41, 5.74) is 3.00. The molecule has 0 saturated heterocycles. The van der Waals surface area contributed by atoms with Gasteiger partial charge in [-0.05, 0) is 57.0 Å². The van der Waals surface area contributed by atoms with Gasteiger partial charge in [0, 0.05) is 19.2 Å². The van der Waals surface area contributed by atoms with Crippen LogP contribution in [0.4, 0.5) is 5.69 Å². The van der Waals surface area contributed by atoms with Gasteiger partial charge in [-0.3, -0.25) is 13.9 Å². The van der Waals surface area contributed by atoms with E-state index in [1.807, 2.05) is 52.0 Å². The van der Waals surface area contributed by atoms with E-state index in [1.54, 1.807) is 24.3 Å². The number of carbonyl (C=O) groups is 2. The number of sulfonamides is 1. The molecule has 3 aromatic rings. The molecule has 0 radical (unpaired) electrons. The number of anilines is 1. The van der Waals surface area contributed by atoms with Crippen molar-refractivity contribution in [2.24, 2.45) is 0 Å². The molecule has 41 heavy (non-hydrogen) atoms. The molecule has 0 heterocycles. The molecule has 220 valence electrons. The first-order valence-electron chi connectivity index (χ1n) is 13.5. The summed E-state index contributed by atoms with van der Waals surface area (Å²) >= 11 is 0. The predicted molar refractivity (Wildman–Crippen MR) is 160 cm³/mol. The fourth-order valence-corrected chi connectivity index (χ4v) is 5.85. The molecule has 9 nitrogen and oxygen atoms in total. The highest BCUT2D eigenvalue weighted by molar-refractivity contribution is 7.92. The van der Waals surface area contributed by atoms with E-state index in [0.717, 1.165) is 21.0 Å². The van der Waals surface area contributed by atoms with Gasteiger partial charge in [0.2, 0.25) is 11.8 Å². The summed E-state index contributed by atoms with van der Waals surface area (Å²) in [6.45, 7) is 7.47. The third-order valence-electron chi connectivity index (χ3n) is 6.75. The van der Waals surface area contributed by atoms with Crippen molar-refractivity contribution in [1.29, 1.82) is 0 Å². The SMILES string of the molecule is CCNC(=O)C(CC)N(Cc1ccc(C)cc1)C(=O)CN(c1ccc(OC)c(OC)c1)S(=O)(=O)c1ccc(C)cc1. The monoisotopic (exact) mass is 581 g/mol. The lowest BCUT2D eigenvalue weighted by Gasteiger charge is -2.33. The maximum absolute atomic E-state index is 14.1. The third-order valence-corrected chi connectivity index (χ3v) is 8.54. The molecular formula is C31H39N3O6S. The molecule has 10 heteroatoms. The molecule has 3 rings (SSSR count). The van der Waals surface area contributed by atoms with Crippen LogP contribution in [-0.2, 0) is 26.2 Å². The van der Waals surface area contributed by atoms with E-state index in [9.17, 15) is 18.0 Å². The van der Waals surface area contributed by atoms with Crippen LogP contribution in [0, 0.1) is 13.8 Å². The number of nitrogens with zero attached hydrogens (tertiary/aromatic N) is 2. The molecule has 2 amide bonds.